The first-order chi connectivity index (χ1) is 9.44. The molecule has 0 saturated heterocycles. The van der Waals surface area contributed by atoms with Gasteiger partial charge in [0.05, 0.1) is 5.75 Å². The molecule has 4 nitrogen and oxygen atoms in total. The van der Waals surface area contributed by atoms with Crippen molar-refractivity contribution in [1.29, 1.82) is 0 Å². The summed E-state index contributed by atoms with van der Waals surface area (Å²) in [5, 5.41) is 0. The van der Waals surface area contributed by atoms with Gasteiger partial charge in [0.15, 0.2) is 0 Å². The molecule has 3 N–H and O–H groups in total. The van der Waals surface area contributed by atoms with E-state index in [0.29, 0.717) is 11.4 Å². The third-order valence-electron chi connectivity index (χ3n) is 2.48. The quantitative estimate of drug-likeness (QED) is 0.536. The Bertz CT molecular complexity index is 506. The maximum atomic E-state index is 11.9. The molecule has 0 heterocycles. The summed E-state index contributed by atoms with van der Waals surface area (Å²) < 4.78 is 26.5. The van der Waals surface area contributed by atoms with Crippen molar-refractivity contribution in [3.8, 4) is 0 Å². The summed E-state index contributed by atoms with van der Waals surface area (Å²) in [5.74, 6) is 2.40. The lowest BCUT2D eigenvalue weighted by Crippen LogP contribution is -2.36. The van der Waals surface area contributed by atoms with Gasteiger partial charge in [-0.15, -0.1) is 11.8 Å². The van der Waals surface area contributed by atoms with Crippen molar-refractivity contribution >= 4 is 39.2 Å². The minimum Gasteiger partial charge on any atom is -0.398 e. The Balaban J connectivity index is 2.38. The number of para-hydroxylation sites is 1. The highest BCUT2D eigenvalue weighted by Crippen LogP contribution is 2.24. The van der Waals surface area contributed by atoms with Crippen LogP contribution in [0.1, 0.15) is 13.8 Å². The van der Waals surface area contributed by atoms with E-state index in [1.807, 2.05) is 31.2 Å². The molecule has 0 spiro atoms. The summed E-state index contributed by atoms with van der Waals surface area (Å²) in [4.78, 5) is 0.928. The molecule has 0 aliphatic heterocycles. The Hall–Kier alpha value is -0.370. The molecule has 1 atom stereocenters. The lowest BCUT2D eigenvalue weighted by molar-refractivity contribution is 0.572. The fourth-order valence-corrected chi connectivity index (χ4v) is 5.00. The standard InChI is InChI=1S/C13H22N2O2S3/c1-3-18-10-11(2)15-20(16,17)9-8-19-13-7-5-4-6-12(13)14/h4-7,11,15H,3,8-10,14H2,1-2H3. The van der Waals surface area contributed by atoms with Crippen LogP contribution in [0, 0.1) is 0 Å². The van der Waals surface area contributed by atoms with Crippen molar-refractivity contribution < 1.29 is 8.42 Å². The van der Waals surface area contributed by atoms with Gasteiger partial charge >= 0.3 is 0 Å². The number of anilines is 1. The van der Waals surface area contributed by atoms with E-state index in [2.05, 4.69) is 11.6 Å². The number of hydrogen-bond acceptors (Lipinski definition) is 5. The van der Waals surface area contributed by atoms with Crippen molar-refractivity contribution in [2.75, 3.05) is 28.7 Å². The second kappa shape index (κ2) is 8.81. The fraction of sp³-hybridized carbons (Fsp3) is 0.538. The molecule has 20 heavy (non-hydrogen) atoms. The van der Waals surface area contributed by atoms with E-state index in [0.717, 1.165) is 16.4 Å². The summed E-state index contributed by atoms with van der Waals surface area (Å²) in [6, 6.07) is 7.46. The molecule has 0 aliphatic rings. The normalized spacial score (nSPS) is 13.3. The molecule has 114 valence electrons. The number of benzene rings is 1. The van der Waals surface area contributed by atoms with Gasteiger partial charge in [-0.05, 0) is 24.8 Å². The van der Waals surface area contributed by atoms with Crippen molar-refractivity contribution in [1.82, 2.24) is 4.72 Å². The predicted octanol–water partition coefficient (Wildman–Crippen LogP) is 2.42. The maximum absolute atomic E-state index is 11.9. The first-order valence-corrected chi connectivity index (χ1v) is 10.3. The molecule has 1 rings (SSSR count). The zero-order valence-electron chi connectivity index (χ0n) is 11.8. The highest BCUT2D eigenvalue weighted by atomic mass is 32.2. The Morgan fingerprint density at radius 2 is 2.05 bits per heavy atom. The summed E-state index contributed by atoms with van der Waals surface area (Å²) in [6.07, 6.45) is 0. The number of nitrogens with two attached hydrogens (primary N) is 1. The van der Waals surface area contributed by atoms with E-state index in [-0.39, 0.29) is 11.8 Å². The summed E-state index contributed by atoms with van der Waals surface area (Å²) in [5.41, 5.74) is 6.51. The van der Waals surface area contributed by atoms with E-state index in [1.165, 1.54) is 11.8 Å². The Kier molecular flexibility index (Phi) is 7.79. The third kappa shape index (κ3) is 6.88. The number of nitrogen functional groups attached to an aromatic ring is 1. The molecule has 0 aromatic heterocycles. The van der Waals surface area contributed by atoms with Crippen LogP contribution in [0.25, 0.3) is 0 Å². The number of nitrogens with one attached hydrogen (secondary N) is 1. The molecule has 7 heteroatoms. The van der Waals surface area contributed by atoms with Crippen LogP contribution in [-0.2, 0) is 10.0 Å². The largest absolute Gasteiger partial charge is 0.398 e. The first-order valence-electron chi connectivity index (χ1n) is 6.49. The van der Waals surface area contributed by atoms with Gasteiger partial charge in [0.1, 0.15) is 0 Å². The molecule has 1 aromatic rings. The van der Waals surface area contributed by atoms with Crippen LogP contribution < -0.4 is 10.5 Å². The maximum Gasteiger partial charge on any atom is 0.212 e. The molecule has 0 amide bonds. The SMILES string of the molecule is CCSCC(C)NS(=O)(=O)CCSc1ccccc1N. The van der Waals surface area contributed by atoms with Gasteiger partial charge in [-0.1, -0.05) is 19.1 Å². The molecule has 0 bridgehead atoms. The molecule has 1 unspecified atom stereocenters. The molecule has 0 radical (unpaired) electrons. The smallest absolute Gasteiger partial charge is 0.212 e. The van der Waals surface area contributed by atoms with E-state index < -0.39 is 10.0 Å². The molecule has 1 aromatic carbocycles. The average molecular weight is 335 g/mol. The van der Waals surface area contributed by atoms with Crippen LogP contribution in [0.3, 0.4) is 0 Å². The van der Waals surface area contributed by atoms with Crippen molar-refractivity contribution in [3.63, 3.8) is 0 Å². The second-order valence-electron chi connectivity index (χ2n) is 4.38. The summed E-state index contributed by atoms with van der Waals surface area (Å²) in [6.45, 7) is 3.95. The number of hydrogen-bond donors (Lipinski definition) is 2. The monoisotopic (exact) mass is 334 g/mol. The Morgan fingerprint density at radius 1 is 1.35 bits per heavy atom. The van der Waals surface area contributed by atoms with Crippen molar-refractivity contribution in [2.45, 2.75) is 24.8 Å². The van der Waals surface area contributed by atoms with Crippen LogP contribution in [0.2, 0.25) is 0 Å². The fourth-order valence-electron chi connectivity index (χ4n) is 1.57. The van der Waals surface area contributed by atoms with Gasteiger partial charge in [-0.2, -0.15) is 11.8 Å². The third-order valence-corrected chi connectivity index (χ3v) is 6.48. The molecular weight excluding hydrogens is 312 g/mol. The lowest BCUT2D eigenvalue weighted by Gasteiger charge is -2.13. The minimum atomic E-state index is -3.22. The summed E-state index contributed by atoms with van der Waals surface area (Å²) >= 11 is 3.20. The highest BCUT2D eigenvalue weighted by molar-refractivity contribution is 8.00. The Morgan fingerprint density at radius 3 is 2.70 bits per heavy atom. The Labute approximate surface area is 130 Å². The average Bonchev–Trinajstić information content (AvgIpc) is 2.38. The van der Waals surface area contributed by atoms with Crippen molar-refractivity contribution in [3.05, 3.63) is 24.3 Å². The highest BCUT2D eigenvalue weighted by Gasteiger charge is 2.14. The second-order valence-corrected chi connectivity index (χ2v) is 8.71. The van der Waals surface area contributed by atoms with E-state index in [1.54, 1.807) is 11.8 Å². The van der Waals surface area contributed by atoms with Crippen molar-refractivity contribution in [2.24, 2.45) is 0 Å². The molecular formula is C13H22N2O2S3. The molecule has 0 fully saturated rings. The lowest BCUT2D eigenvalue weighted by atomic mass is 10.3. The van der Waals surface area contributed by atoms with E-state index >= 15 is 0 Å². The van der Waals surface area contributed by atoms with Crippen LogP contribution in [0.4, 0.5) is 5.69 Å². The predicted molar refractivity (Wildman–Crippen MR) is 91.0 cm³/mol. The zero-order chi connectivity index (χ0) is 15.0. The van der Waals surface area contributed by atoms with Crippen LogP contribution >= 0.6 is 23.5 Å². The number of sulfonamides is 1. The zero-order valence-corrected chi connectivity index (χ0v) is 14.3. The van der Waals surface area contributed by atoms with Gasteiger partial charge in [0.2, 0.25) is 10.0 Å². The minimum absolute atomic E-state index is 0.0308. The van der Waals surface area contributed by atoms with Gasteiger partial charge in [0, 0.05) is 28.1 Å². The topological polar surface area (TPSA) is 72.2 Å². The van der Waals surface area contributed by atoms with Gasteiger partial charge in [-0.25, -0.2) is 13.1 Å². The van der Waals surface area contributed by atoms with E-state index in [9.17, 15) is 8.42 Å². The van der Waals surface area contributed by atoms with E-state index in [4.69, 9.17) is 5.73 Å². The van der Waals surface area contributed by atoms with Crippen LogP contribution in [0.5, 0.6) is 0 Å². The van der Waals surface area contributed by atoms with Gasteiger partial charge in [0.25, 0.3) is 0 Å². The van der Waals surface area contributed by atoms with Gasteiger partial charge in [-0.3, -0.25) is 0 Å². The first kappa shape index (κ1) is 17.7. The van der Waals surface area contributed by atoms with Gasteiger partial charge < -0.3 is 5.73 Å². The number of rotatable bonds is 9. The number of thioether (sulfide) groups is 2. The summed E-state index contributed by atoms with van der Waals surface area (Å²) in [7, 11) is -3.22. The van der Waals surface area contributed by atoms with Crippen LogP contribution in [-0.4, -0.2) is 37.5 Å². The molecule has 0 saturated carbocycles. The van der Waals surface area contributed by atoms with Crippen LogP contribution in [0.15, 0.2) is 29.2 Å². The molecule has 0 aliphatic carbocycles.